The highest BCUT2D eigenvalue weighted by molar-refractivity contribution is 6.17. The van der Waals surface area contributed by atoms with Crippen LogP contribution in [0.1, 0.15) is 39.2 Å². The Morgan fingerprint density at radius 2 is 1.92 bits per heavy atom. The van der Waals surface area contributed by atoms with Crippen molar-refractivity contribution in [3.8, 4) is 5.75 Å². The normalized spacial score (nSPS) is 26.7. The Labute approximate surface area is 148 Å². The van der Waals surface area contributed by atoms with Gasteiger partial charge in [0.15, 0.2) is 5.78 Å². The molecule has 1 aromatic carbocycles. The minimum absolute atomic E-state index is 0.00259. The zero-order valence-electron chi connectivity index (χ0n) is 15.4. The highest BCUT2D eigenvalue weighted by atomic mass is 16.5. The summed E-state index contributed by atoms with van der Waals surface area (Å²) in [6, 6.07) is 7.88. The van der Waals surface area contributed by atoms with Crippen LogP contribution >= 0.6 is 0 Å². The number of carbonyl (C=O) groups is 2. The fourth-order valence-corrected chi connectivity index (χ4v) is 4.31. The Morgan fingerprint density at radius 3 is 2.52 bits per heavy atom. The predicted octanol–water partition coefficient (Wildman–Crippen LogP) is 3.96. The van der Waals surface area contributed by atoms with Gasteiger partial charge < -0.3 is 9.47 Å². The molecule has 2 aliphatic rings. The third-order valence-electron chi connectivity index (χ3n) is 5.59. The maximum absolute atomic E-state index is 12.9. The van der Waals surface area contributed by atoms with E-state index >= 15 is 0 Å². The molecular formula is C21H24O4. The van der Waals surface area contributed by atoms with Gasteiger partial charge in [0.05, 0.1) is 14.2 Å². The van der Waals surface area contributed by atoms with Gasteiger partial charge in [-0.25, -0.2) is 0 Å². The Bertz CT molecular complexity index is 811. The summed E-state index contributed by atoms with van der Waals surface area (Å²) in [4.78, 5) is 25.4. The van der Waals surface area contributed by atoms with Gasteiger partial charge in [-0.15, -0.1) is 0 Å². The molecule has 0 N–H and O–H groups in total. The smallest absolute Gasteiger partial charge is 0.320 e. The van der Waals surface area contributed by atoms with E-state index in [1.165, 1.54) is 7.11 Å². The molecule has 0 amide bonds. The van der Waals surface area contributed by atoms with Gasteiger partial charge in [0.2, 0.25) is 0 Å². The Kier molecular flexibility index (Phi) is 4.31. The molecule has 0 heterocycles. The Morgan fingerprint density at radius 1 is 1.20 bits per heavy atom. The fraction of sp³-hybridized carbons (Fsp3) is 0.429. The molecule has 0 spiro atoms. The van der Waals surface area contributed by atoms with Crippen molar-refractivity contribution in [2.45, 2.75) is 33.6 Å². The van der Waals surface area contributed by atoms with Crippen LogP contribution in [0.3, 0.4) is 0 Å². The topological polar surface area (TPSA) is 52.6 Å². The van der Waals surface area contributed by atoms with Crippen LogP contribution < -0.4 is 4.74 Å². The molecule has 2 saturated carbocycles. The van der Waals surface area contributed by atoms with Gasteiger partial charge in [0, 0.05) is 11.5 Å². The molecule has 2 atom stereocenters. The number of rotatable bonds is 3. The average Bonchev–Trinajstić information content (AvgIpc) is 3.14. The first-order chi connectivity index (χ1) is 11.9. The van der Waals surface area contributed by atoms with Crippen molar-refractivity contribution in [3.63, 3.8) is 0 Å². The van der Waals surface area contributed by atoms with E-state index in [0.29, 0.717) is 12.8 Å². The molecule has 25 heavy (non-hydrogen) atoms. The maximum Gasteiger partial charge on any atom is 0.320 e. The second kappa shape index (κ2) is 6.17. The van der Waals surface area contributed by atoms with Gasteiger partial charge in [-0.1, -0.05) is 23.3 Å². The van der Waals surface area contributed by atoms with Crippen LogP contribution in [0.5, 0.6) is 5.75 Å². The number of hydrogen-bond acceptors (Lipinski definition) is 4. The molecule has 4 heteroatoms. The first kappa shape index (κ1) is 17.5. The molecule has 0 saturated heterocycles. The molecule has 0 aromatic heterocycles. The molecule has 1 aromatic rings. The van der Waals surface area contributed by atoms with Crippen LogP contribution in [-0.2, 0) is 14.3 Å². The SMILES string of the molecule is COC(=O)[C@@]12C/C(=C(\C)c3cccc(OC)c3)[C@@H](C1)C(=C(C)C)C2=O. The number of ether oxygens (including phenoxy) is 2. The van der Waals surface area contributed by atoms with E-state index in [0.717, 1.165) is 33.6 Å². The first-order valence-electron chi connectivity index (χ1n) is 8.50. The summed E-state index contributed by atoms with van der Waals surface area (Å²) in [6.07, 6.45) is 0.971. The van der Waals surface area contributed by atoms with Gasteiger partial charge >= 0.3 is 5.97 Å². The standard InChI is InChI=1S/C21H24O4/c1-12(2)18-17-11-21(19(18)22,20(23)25-5)10-16(17)13(3)14-7-6-8-15(9-14)24-4/h6-9,17H,10-11H2,1-5H3/b16-13-/t17-,21+/m1/s1. The van der Waals surface area contributed by atoms with Gasteiger partial charge in [0.1, 0.15) is 11.2 Å². The highest BCUT2D eigenvalue weighted by Gasteiger charge is 2.62. The molecular weight excluding hydrogens is 316 g/mol. The summed E-state index contributed by atoms with van der Waals surface area (Å²) in [7, 11) is 3.00. The summed E-state index contributed by atoms with van der Waals surface area (Å²) < 4.78 is 10.3. The predicted molar refractivity (Wildman–Crippen MR) is 96.1 cm³/mol. The molecule has 0 aliphatic heterocycles. The number of carbonyl (C=O) groups excluding carboxylic acids is 2. The molecule has 4 nitrogen and oxygen atoms in total. The number of esters is 1. The molecule has 2 aliphatic carbocycles. The van der Waals surface area contributed by atoms with Gasteiger partial charge in [0.25, 0.3) is 0 Å². The largest absolute Gasteiger partial charge is 0.497 e. The summed E-state index contributed by atoms with van der Waals surface area (Å²) in [5.74, 6) is 0.336. The average molecular weight is 340 g/mol. The molecule has 132 valence electrons. The molecule has 0 radical (unpaired) electrons. The number of fused-ring (bicyclic) bond motifs is 2. The number of benzene rings is 1. The van der Waals surface area contributed by atoms with Crippen molar-refractivity contribution in [2.24, 2.45) is 11.3 Å². The number of hydrogen-bond donors (Lipinski definition) is 0. The van der Waals surface area contributed by atoms with E-state index < -0.39 is 11.4 Å². The first-order valence-corrected chi connectivity index (χ1v) is 8.50. The second-order valence-corrected chi connectivity index (χ2v) is 7.13. The highest BCUT2D eigenvalue weighted by Crippen LogP contribution is 2.59. The molecule has 3 rings (SSSR count). The zero-order valence-corrected chi connectivity index (χ0v) is 15.4. The molecule has 2 fully saturated rings. The number of allylic oxidation sites excluding steroid dienone is 4. The van der Waals surface area contributed by atoms with Crippen LogP contribution in [0.25, 0.3) is 5.57 Å². The number of ketones is 1. The van der Waals surface area contributed by atoms with E-state index in [4.69, 9.17) is 9.47 Å². The Balaban J connectivity index is 2.14. The van der Waals surface area contributed by atoms with Gasteiger partial charge in [-0.2, -0.15) is 0 Å². The zero-order chi connectivity index (χ0) is 18.4. The molecule has 2 bridgehead atoms. The number of Topliss-reactive ketones (excluding diaryl/α,β-unsaturated/α-hetero) is 1. The quantitative estimate of drug-likeness (QED) is 0.475. The minimum Gasteiger partial charge on any atom is -0.497 e. The summed E-state index contributed by atoms with van der Waals surface area (Å²) in [6.45, 7) is 5.94. The fourth-order valence-electron chi connectivity index (χ4n) is 4.31. The number of methoxy groups -OCH3 is 2. The van der Waals surface area contributed by atoms with E-state index in [1.54, 1.807) is 7.11 Å². The second-order valence-electron chi connectivity index (χ2n) is 7.13. The van der Waals surface area contributed by atoms with Crippen molar-refractivity contribution in [3.05, 3.63) is 46.5 Å². The lowest BCUT2D eigenvalue weighted by Crippen LogP contribution is -2.37. The lowest BCUT2D eigenvalue weighted by Gasteiger charge is -2.26. The van der Waals surface area contributed by atoms with Crippen LogP contribution in [0.15, 0.2) is 41.0 Å². The van der Waals surface area contributed by atoms with E-state index in [-0.39, 0.29) is 11.7 Å². The van der Waals surface area contributed by atoms with Crippen LogP contribution in [-0.4, -0.2) is 26.0 Å². The van der Waals surface area contributed by atoms with Gasteiger partial charge in [-0.3, -0.25) is 9.59 Å². The Hall–Kier alpha value is -2.36. The van der Waals surface area contributed by atoms with Gasteiger partial charge in [-0.05, 0) is 56.9 Å². The summed E-state index contributed by atoms with van der Waals surface area (Å²) in [5.41, 5.74) is 4.06. The monoisotopic (exact) mass is 340 g/mol. The molecule has 0 unspecified atom stereocenters. The van der Waals surface area contributed by atoms with Crippen molar-refractivity contribution in [2.75, 3.05) is 14.2 Å². The van der Waals surface area contributed by atoms with E-state index in [2.05, 4.69) is 6.92 Å². The lowest BCUT2D eigenvalue weighted by atomic mass is 9.76. The lowest BCUT2D eigenvalue weighted by molar-refractivity contribution is -0.155. The third kappa shape index (κ3) is 2.51. The minimum atomic E-state index is -1.04. The maximum atomic E-state index is 12.9. The van der Waals surface area contributed by atoms with E-state index in [9.17, 15) is 9.59 Å². The van der Waals surface area contributed by atoms with Crippen LogP contribution in [0.4, 0.5) is 0 Å². The summed E-state index contributed by atoms with van der Waals surface area (Å²) in [5, 5.41) is 0. The van der Waals surface area contributed by atoms with Crippen molar-refractivity contribution in [1.29, 1.82) is 0 Å². The van der Waals surface area contributed by atoms with Crippen LogP contribution in [0, 0.1) is 11.3 Å². The van der Waals surface area contributed by atoms with Crippen molar-refractivity contribution < 1.29 is 19.1 Å². The van der Waals surface area contributed by atoms with Crippen LogP contribution in [0.2, 0.25) is 0 Å². The third-order valence-corrected chi connectivity index (χ3v) is 5.59. The van der Waals surface area contributed by atoms with Crippen molar-refractivity contribution in [1.82, 2.24) is 0 Å². The summed E-state index contributed by atoms with van der Waals surface area (Å²) >= 11 is 0. The van der Waals surface area contributed by atoms with E-state index in [1.807, 2.05) is 38.1 Å². The van der Waals surface area contributed by atoms with Crippen molar-refractivity contribution >= 4 is 17.3 Å².